The lowest BCUT2D eigenvalue weighted by atomic mass is 10.2. The lowest BCUT2D eigenvalue weighted by Gasteiger charge is -2.26. The van der Waals surface area contributed by atoms with Gasteiger partial charge in [-0.3, -0.25) is 28.8 Å². The summed E-state index contributed by atoms with van der Waals surface area (Å²) in [4.78, 5) is 84.7. The normalized spacial score (nSPS) is 10.6. The molecule has 0 aliphatic carbocycles. The first-order chi connectivity index (χ1) is 35.1. The highest BCUT2D eigenvalue weighted by Crippen LogP contribution is 2.03. The molecular weight excluding hydrogens is 945 g/mol. The Balaban J connectivity index is 0. The van der Waals surface area contributed by atoms with E-state index >= 15 is 0 Å². The minimum atomic E-state index is -0.104. The molecule has 6 amide bonds. The highest BCUT2D eigenvalue weighted by Gasteiger charge is 2.19. The molecule has 0 spiro atoms. The van der Waals surface area contributed by atoms with Gasteiger partial charge in [0.15, 0.2) is 0 Å². The fourth-order valence-electron chi connectivity index (χ4n) is 6.91. The molecule has 0 heterocycles. The Bertz CT molecular complexity index is 1640. The zero-order chi connectivity index (χ0) is 56.4. The summed E-state index contributed by atoms with van der Waals surface area (Å²) in [5.74, 6) is -0.555. The van der Waals surface area contributed by atoms with E-state index in [2.05, 4.69) is 71.4 Å². The van der Waals surface area contributed by atoms with E-state index in [1.807, 2.05) is 0 Å². The lowest BCUT2D eigenvalue weighted by molar-refractivity contribution is -0.128. The van der Waals surface area contributed by atoms with Gasteiger partial charge in [-0.2, -0.15) is 0 Å². The zero-order valence-electron chi connectivity index (χ0n) is 46.5. The van der Waals surface area contributed by atoms with Gasteiger partial charge < -0.3 is 84.2 Å². The predicted molar refractivity (Wildman–Crippen MR) is 302 cm³/mol. The number of carbonyl (C=O) groups is 6. The molecule has 0 radical (unpaired) electrons. The molecule has 0 unspecified atom stereocenters. The van der Waals surface area contributed by atoms with Crippen molar-refractivity contribution in [3.8, 4) is 0 Å². The van der Waals surface area contributed by atoms with Gasteiger partial charge in [-0.15, -0.1) is 0 Å². The lowest BCUT2D eigenvalue weighted by Crippen LogP contribution is -2.45. The van der Waals surface area contributed by atoms with E-state index < -0.39 is 0 Å². The molecule has 0 saturated heterocycles. The van der Waals surface area contributed by atoms with E-state index in [0.717, 1.165) is 0 Å². The molecular formula is C52H100N16O6. The molecule has 424 valence electrons. The van der Waals surface area contributed by atoms with Crippen LogP contribution in [0.5, 0.6) is 0 Å². The molecule has 0 rings (SSSR count). The monoisotopic (exact) mass is 1040 g/mol. The van der Waals surface area contributed by atoms with Crippen molar-refractivity contribution in [1.29, 1.82) is 0 Å². The molecule has 0 aromatic heterocycles. The van der Waals surface area contributed by atoms with Crippen molar-refractivity contribution >= 4 is 35.4 Å². The summed E-state index contributed by atoms with van der Waals surface area (Å²) in [6.07, 6.45) is 0. The first kappa shape index (κ1) is 70.9. The average molecular weight is 1050 g/mol. The van der Waals surface area contributed by atoms with Crippen LogP contribution >= 0.6 is 0 Å². The van der Waals surface area contributed by atoms with Gasteiger partial charge >= 0.3 is 0 Å². The van der Waals surface area contributed by atoms with Crippen LogP contribution in [-0.4, -0.2) is 248 Å². The molecule has 22 nitrogen and oxygen atoms in total. The number of hydrogen-bond donors (Lipinski definition) is 10. The molecule has 0 atom stereocenters. The number of amides is 6. The topological polar surface area (TPSA) is 298 Å². The summed E-state index contributed by atoms with van der Waals surface area (Å²) in [7, 11) is 0. The number of nitrogens with two attached hydrogens (primary N) is 4. The highest BCUT2D eigenvalue weighted by atomic mass is 16.2. The van der Waals surface area contributed by atoms with Crippen molar-refractivity contribution in [2.45, 2.75) is 41.5 Å². The molecule has 22 heteroatoms. The van der Waals surface area contributed by atoms with E-state index in [9.17, 15) is 28.8 Å². The maximum Gasteiger partial charge on any atom is 0.248 e. The van der Waals surface area contributed by atoms with E-state index in [1.54, 1.807) is 70.9 Å². The van der Waals surface area contributed by atoms with Crippen molar-refractivity contribution in [3.63, 3.8) is 0 Å². The summed E-state index contributed by atoms with van der Waals surface area (Å²) in [6, 6.07) is 0. The van der Waals surface area contributed by atoms with Gasteiger partial charge in [0.2, 0.25) is 35.4 Å². The van der Waals surface area contributed by atoms with Crippen molar-refractivity contribution < 1.29 is 28.8 Å². The van der Waals surface area contributed by atoms with Crippen LogP contribution in [0.15, 0.2) is 72.9 Å². The molecule has 0 saturated carbocycles. The van der Waals surface area contributed by atoms with Crippen LogP contribution in [0.3, 0.4) is 0 Å². The molecule has 0 aromatic carbocycles. The highest BCUT2D eigenvalue weighted by molar-refractivity contribution is 5.94. The summed E-state index contributed by atoms with van der Waals surface area (Å²) in [5, 5.41) is 19.6. The SMILES string of the molecule is C=C(C)C(=O)N(CCN)CCNCCN(CCNCCN(CCNCCN)C(=O)C(=C)C)C(=O)C(=C)C.C=C(C)C(=O)N(CCN)CCNCCN(CCNCCN(CCNCCN)C(=O)C(=C)C)C(=O)C(=C)C. The van der Waals surface area contributed by atoms with Gasteiger partial charge in [0, 0.05) is 217 Å². The maximum atomic E-state index is 12.6. The van der Waals surface area contributed by atoms with E-state index in [4.69, 9.17) is 22.9 Å². The molecule has 0 aliphatic rings. The summed E-state index contributed by atoms with van der Waals surface area (Å²) in [5.41, 5.74) is 25.1. The number of nitrogens with one attached hydrogen (secondary N) is 6. The van der Waals surface area contributed by atoms with Crippen LogP contribution in [0.25, 0.3) is 0 Å². The van der Waals surface area contributed by atoms with Gasteiger partial charge in [0.25, 0.3) is 0 Å². The van der Waals surface area contributed by atoms with E-state index in [1.165, 1.54) is 0 Å². The minimum Gasteiger partial charge on any atom is -0.336 e. The fourth-order valence-corrected chi connectivity index (χ4v) is 6.91. The third-order valence-electron chi connectivity index (χ3n) is 10.9. The van der Waals surface area contributed by atoms with Gasteiger partial charge in [-0.1, -0.05) is 39.5 Å². The second kappa shape index (κ2) is 44.2. The molecule has 0 aromatic rings. The molecule has 0 bridgehead atoms. The van der Waals surface area contributed by atoms with Crippen molar-refractivity contribution in [2.24, 2.45) is 22.9 Å². The molecule has 14 N–H and O–H groups in total. The summed E-state index contributed by atoms with van der Waals surface area (Å²) in [6.45, 7) is 48.2. The van der Waals surface area contributed by atoms with Crippen LogP contribution in [0.4, 0.5) is 0 Å². The predicted octanol–water partition coefficient (Wildman–Crippen LogP) is -2.23. The average Bonchev–Trinajstić information content (AvgIpc) is 3.36. The third kappa shape index (κ3) is 33.6. The number of carbonyl (C=O) groups excluding carboxylic acids is 6. The fraction of sp³-hybridized carbons (Fsp3) is 0.654. The van der Waals surface area contributed by atoms with Crippen LogP contribution in [-0.2, 0) is 28.8 Å². The summed E-state index contributed by atoms with van der Waals surface area (Å²) >= 11 is 0. The van der Waals surface area contributed by atoms with Gasteiger partial charge in [0.05, 0.1) is 0 Å². The number of nitrogens with zero attached hydrogens (tertiary/aromatic N) is 6. The van der Waals surface area contributed by atoms with Gasteiger partial charge in [0.1, 0.15) is 0 Å². The van der Waals surface area contributed by atoms with E-state index in [-0.39, 0.29) is 35.4 Å². The Labute approximate surface area is 444 Å². The Kier molecular flexibility index (Phi) is 42.4. The van der Waals surface area contributed by atoms with Crippen LogP contribution < -0.4 is 54.8 Å². The largest absolute Gasteiger partial charge is 0.336 e. The van der Waals surface area contributed by atoms with Crippen LogP contribution in [0.2, 0.25) is 0 Å². The zero-order valence-corrected chi connectivity index (χ0v) is 46.5. The summed E-state index contributed by atoms with van der Waals surface area (Å²) < 4.78 is 0. The number of hydrogen-bond acceptors (Lipinski definition) is 16. The smallest absolute Gasteiger partial charge is 0.248 e. The van der Waals surface area contributed by atoms with Gasteiger partial charge in [-0.05, 0) is 41.5 Å². The first-order valence-electron chi connectivity index (χ1n) is 25.9. The molecule has 0 fully saturated rings. The second-order valence-electron chi connectivity index (χ2n) is 18.1. The number of rotatable bonds is 44. The third-order valence-corrected chi connectivity index (χ3v) is 10.9. The van der Waals surface area contributed by atoms with Crippen molar-refractivity contribution in [3.05, 3.63) is 72.9 Å². The quantitative estimate of drug-likeness (QED) is 0.0228. The van der Waals surface area contributed by atoms with Crippen LogP contribution in [0.1, 0.15) is 41.5 Å². The second-order valence-corrected chi connectivity index (χ2v) is 18.1. The standard InChI is InChI=1S/2C26H50N8O3/c2*1-21(2)24(35)32(15-8-28)16-11-30-12-19-34(26(37)23(5)6)20-14-31-13-18-33(25(36)22(3)4)17-10-29-9-7-27/h2*29-31H,1,3,5,7-20,27-28H2,2,4,6H3. The van der Waals surface area contributed by atoms with Crippen molar-refractivity contribution in [1.82, 2.24) is 61.3 Å². The Morgan fingerprint density at radius 3 is 0.514 bits per heavy atom. The minimum absolute atomic E-state index is 0.0727. The Morgan fingerprint density at radius 2 is 0.392 bits per heavy atom. The maximum absolute atomic E-state index is 12.6. The van der Waals surface area contributed by atoms with E-state index in [0.29, 0.717) is 217 Å². The Hall–Kier alpha value is -5.14. The van der Waals surface area contributed by atoms with Gasteiger partial charge in [-0.25, -0.2) is 0 Å². The van der Waals surface area contributed by atoms with Crippen LogP contribution in [0, 0.1) is 0 Å². The molecule has 0 aliphatic heterocycles. The Morgan fingerprint density at radius 1 is 0.257 bits per heavy atom. The van der Waals surface area contributed by atoms with Crippen molar-refractivity contribution in [2.75, 3.05) is 183 Å². The molecule has 74 heavy (non-hydrogen) atoms. The first-order valence-corrected chi connectivity index (χ1v) is 25.9.